The zero-order valence-electron chi connectivity index (χ0n) is 9.53. The molecule has 1 aromatic rings. The minimum Gasteiger partial charge on any atom is -0.387 e. The smallest absolute Gasteiger partial charge is 0.0954 e. The molecule has 0 spiro atoms. The molecule has 0 aliphatic rings. The standard InChI is InChI=1S/C11H18N2OS/c1-5-8(4)6-9(14)11-10(7(2)3)12-13-15-11/h7,9,14H,4-6H2,1-3H3. The average molecular weight is 226 g/mol. The van der Waals surface area contributed by atoms with Crippen molar-refractivity contribution >= 4 is 11.5 Å². The van der Waals surface area contributed by atoms with E-state index in [4.69, 9.17) is 0 Å². The number of hydrogen-bond acceptors (Lipinski definition) is 4. The maximum Gasteiger partial charge on any atom is 0.0954 e. The fraction of sp³-hybridized carbons (Fsp3) is 0.636. The summed E-state index contributed by atoms with van der Waals surface area (Å²) in [7, 11) is 0. The maximum absolute atomic E-state index is 10.0. The quantitative estimate of drug-likeness (QED) is 0.785. The topological polar surface area (TPSA) is 46.0 Å². The lowest BCUT2D eigenvalue weighted by atomic mass is 10.0. The van der Waals surface area contributed by atoms with Crippen molar-refractivity contribution in [3.63, 3.8) is 0 Å². The van der Waals surface area contributed by atoms with Crippen LogP contribution in [0.5, 0.6) is 0 Å². The lowest BCUT2D eigenvalue weighted by molar-refractivity contribution is 0.179. The van der Waals surface area contributed by atoms with Crippen LogP contribution in [0.2, 0.25) is 0 Å². The van der Waals surface area contributed by atoms with E-state index in [-0.39, 0.29) is 0 Å². The van der Waals surface area contributed by atoms with Crippen molar-refractivity contribution in [3.05, 3.63) is 22.7 Å². The van der Waals surface area contributed by atoms with E-state index in [0.29, 0.717) is 12.3 Å². The summed E-state index contributed by atoms with van der Waals surface area (Å²) in [6.45, 7) is 10.1. The molecular weight excluding hydrogens is 208 g/mol. The van der Waals surface area contributed by atoms with E-state index in [1.807, 2.05) is 6.92 Å². The molecule has 4 heteroatoms. The molecule has 1 atom stereocenters. The number of aliphatic hydroxyl groups excluding tert-OH is 1. The summed E-state index contributed by atoms with van der Waals surface area (Å²) in [5, 5.41) is 14.1. The summed E-state index contributed by atoms with van der Waals surface area (Å²) in [5.41, 5.74) is 1.97. The van der Waals surface area contributed by atoms with E-state index in [1.165, 1.54) is 11.5 Å². The van der Waals surface area contributed by atoms with Gasteiger partial charge in [-0.3, -0.25) is 0 Å². The van der Waals surface area contributed by atoms with E-state index in [9.17, 15) is 5.11 Å². The van der Waals surface area contributed by atoms with Crippen LogP contribution in [0.1, 0.15) is 56.2 Å². The van der Waals surface area contributed by atoms with E-state index >= 15 is 0 Å². The highest BCUT2D eigenvalue weighted by Gasteiger charge is 2.19. The minimum atomic E-state index is -0.491. The average Bonchev–Trinajstić information content (AvgIpc) is 2.65. The zero-order chi connectivity index (χ0) is 11.4. The fourth-order valence-corrected chi connectivity index (χ4v) is 2.14. The van der Waals surface area contributed by atoms with Crippen molar-refractivity contribution < 1.29 is 5.11 Å². The van der Waals surface area contributed by atoms with Crippen molar-refractivity contribution in [1.82, 2.24) is 9.59 Å². The van der Waals surface area contributed by atoms with Gasteiger partial charge in [-0.2, -0.15) is 0 Å². The normalized spacial score (nSPS) is 13.1. The number of nitrogens with zero attached hydrogens (tertiary/aromatic N) is 2. The van der Waals surface area contributed by atoms with Gasteiger partial charge >= 0.3 is 0 Å². The molecule has 1 heterocycles. The molecule has 0 radical (unpaired) electrons. The Kier molecular flexibility index (Phi) is 4.42. The second kappa shape index (κ2) is 5.37. The van der Waals surface area contributed by atoms with Crippen molar-refractivity contribution in [2.24, 2.45) is 0 Å². The molecule has 0 fully saturated rings. The first-order valence-corrected chi connectivity index (χ1v) is 6.00. The van der Waals surface area contributed by atoms with Gasteiger partial charge in [-0.05, 0) is 30.3 Å². The number of hydrogen-bond donors (Lipinski definition) is 1. The fourth-order valence-electron chi connectivity index (χ4n) is 1.35. The van der Waals surface area contributed by atoms with Gasteiger partial charge < -0.3 is 5.11 Å². The predicted molar refractivity (Wildman–Crippen MR) is 63.0 cm³/mol. The van der Waals surface area contributed by atoms with Gasteiger partial charge in [0.05, 0.1) is 16.7 Å². The molecule has 0 aromatic carbocycles. The molecule has 0 saturated carbocycles. The molecule has 0 aliphatic heterocycles. The Morgan fingerprint density at radius 1 is 1.53 bits per heavy atom. The molecule has 15 heavy (non-hydrogen) atoms. The van der Waals surface area contributed by atoms with E-state index in [2.05, 4.69) is 30.0 Å². The minimum absolute atomic E-state index is 0.309. The number of rotatable bonds is 5. The summed E-state index contributed by atoms with van der Waals surface area (Å²) in [6.07, 6.45) is 1.02. The van der Waals surface area contributed by atoms with Crippen LogP contribution in [0.15, 0.2) is 12.2 Å². The molecule has 3 nitrogen and oxygen atoms in total. The van der Waals surface area contributed by atoms with Gasteiger partial charge in [0.1, 0.15) is 0 Å². The molecule has 0 bridgehead atoms. The van der Waals surface area contributed by atoms with Crippen LogP contribution >= 0.6 is 11.5 Å². The van der Waals surface area contributed by atoms with Gasteiger partial charge in [0.15, 0.2) is 0 Å². The third kappa shape index (κ3) is 3.11. The molecule has 1 N–H and O–H groups in total. The monoisotopic (exact) mass is 226 g/mol. The third-order valence-electron chi connectivity index (χ3n) is 2.37. The largest absolute Gasteiger partial charge is 0.387 e. The third-order valence-corrected chi connectivity index (χ3v) is 3.21. The highest BCUT2D eigenvalue weighted by Crippen LogP contribution is 2.30. The molecule has 84 valence electrons. The molecular formula is C11H18N2OS. The van der Waals surface area contributed by atoms with Crippen LogP contribution < -0.4 is 0 Å². The highest BCUT2D eigenvalue weighted by molar-refractivity contribution is 7.05. The molecule has 0 amide bonds. The van der Waals surface area contributed by atoms with Crippen LogP contribution in [-0.2, 0) is 0 Å². The first kappa shape index (κ1) is 12.3. The van der Waals surface area contributed by atoms with Crippen molar-refractivity contribution in [2.45, 2.75) is 45.6 Å². The summed E-state index contributed by atoms with van der Waals surface area (Å²) in [6, 6.07) is 0. The molecule has 0 aliphatic carbocycles. The SMILES string of the molecule is C=C(CC)CC(O)c1snnc1C(C)C. The number of aromatic nitrogens is 2. The van der Waals surface area contributed by atoms with Gasteiger partial charge in [0.25, 0.3) is 0 Å². The lowest BCUT2D eigenvalue weighted by Gasteiger charge is -2.11. The van der Waals surface area contributed by atoms with Crippen LogP contribution in [0, 0.1) is 0 Å². The van der Waals surface area contributed by atoms with E-state index in [1.54, 1.807) is 0 Å². The first-order valence-electron chi connectivity index (χ1n) is 5.23. The zero-order valence-corrected chi connectivity index (χ0v) is 10.3. The molecule has 0 saturated heterocycles. The van der Waals surface area contributed by atoms with Gasteiger partial charge in [-0.15, -0.1) is 5.10 Å². The summed E-state index contributed by atoms with van der Waals surface area (Å²) in [4.78, 5) is 0.889. The summed E-state index contributed by atoms with van der Waals surface area (Å²) in [5.74, 6) is 0.309. The van der Waals surface area contributed by atoms with Gasteiger partial charge in [-0.1, -0.05) is 37.4 Å². The van der Waals surface area contributed by atoms with Crippen LogP contribution in [0.25, 0.3) is 0 Å². The van der Waals surface area contributed by atoms with E-state index < -0.39 is 6.10 Å². The maximum atomic E-state index is 10.0. The molecule has 1 unspecified atom stereocenters. The van der Waals surface area contributed by atoms with Crippen LogP contribution in [0.3, 0.4) is 0 Å². The Morgan fingerprint density at radius 2 is 2.20 bits per heavy atom. The Morgan fingerprint density at radius 3 is 2.73 bits per heavy atom. The van der Waals surface area contributed by atoms with Crippen molar-refractivity contribution in [3.8, 4) is 0 Å². The van der Waals surface area contributed by atoms with Crippen LogP contribution in [-0.4, -0.2) is 14.7 Å². The van der Waals surface area contributed by atoms with Crippen molar-refractivity contribution in [1.29, 1.82) is 0 Å². The van der Waals surface area contributed by atoms with E-state index in [0.717, 1.165) is 22.6 Å². The lowest BCUT2D eigenvalue weighted by Crippen LogP contribution is -2.01. The van der Waals surface area contributed by atoms with Crippen molar-refractivity contribution in [2.75, 3.05) is 0 Å². The second-order valence-corrected chi connectivity index (χ2v) is 4.79. The first-order chi connectivity index (χ1) is 7.06. The van der Waals surface area contributed by atoms with Gasteiger partial charge in [0.2, 0.25) is 0 Å². The highest BCUT2D eigenvalue weighted by atomic mass is 32.1. The molecule has 1 aromatic heterocycles. The Balaban J connectivity index is 2.77. The predicted octanol–water partition coefficient (Wildman–Crippen LogP) is 3.05. The number of aliphatic hydroxyl groups is 1. The Labute approximate surface area is 95.0 Å². The van der Waals surface area contributed by atoms with Gasteiger partial charge in [-0.25, -0.2) is 0 Å². The summed E-state index contributed by atoms with van der Waals surface area (Å²) < 4.78 is 3.90. The Bertz CT molecular complexity index is 333. The van der Waals surface area contributed by atoms with Gasteiger partial charge in [0, 0.05) is 0 Å². The Hall–Kier alpha value is -0.740. The summed E-state index contributed by atoms with van der Waals surface area (Å²) >= 11 is 1.29. The molecule has 1 rings (SSSR count). The van der Waals surface area contributed by atoms with Crippen LogP contribution in [0.4, 0.5) is 0 Å². The second-order valence-electron chi connectivity index (χ2n) is 4.00.